The fraction of sp³-hybridized carbons (Fsp3) is 0.385. The van der Waals surface area contributed by atoms with Crippen LogP contribution in [-0.4, -0.2) is 10.5 Å². The van der Waals surface area contributed by atoms with Crippen molar-refractivity contribution in [3.63, 3.8) is 0 Å². The van der Waals surface area contributed by atoms with Crippen molar-refractivity contribution in [2.75, 3.05) is 0 Å². The minimum atomic E-state index is -0.183. The maximum atomic E-state index is 12.9. The number of carbonyl (C=O) groups excluding carboxylic acids is 1. The zero-order chi connectivity index (χ0) is 21.9. The largest absolute Gasteiger partial charge is 0.316 e. The minimum absolute atomic E-state index is 0.0652. The molecule has 0 spiro atoms. The van der Waals surface area contributed by atoms with Crippen LogP contribution >= 0.6 is 11.3 Å². The molecule has 0 bridgehead atoms. The number of carbonyl (C=O) groups is 1. The second-order valence-electron chi connectivity index (χ2n) is 8.76. The van der Waals surface area contributed by atoms with Crippen LogP contribution in [0.4, 0.5) is 0 Å². The molecule has 0 atom stereocenters. The molecule has 3 nitrogen and oxygen atoms in total. The van der Waals surface area contributed by atoms with Crippen molar-refractivity contribution in [1.29, 1.82) is 0 Å². The molecule has 3 rings (SSSR count). The van der Waals surface area contributed by atoms with Crippen molar-refractivity contribution in [1.82, 2.24) is 4.57 Å². The topological polar surface area (TPSA) is 34.4 Å². The molecule has 1 amide bonds. The molecule has 0 radical (unpaired) electrons. The van der Waals surface area contributed by atoms with Crippen LogP contribution in [0.25, 0.3) is 11.3 Å². The molecule has 2 aromatic carbocycles. The van der Waals surface area contributed by atoms with Gasteiger partial charge >= 0.3 is 0 Å². The van der Waals surface area contributed by atoms with Crippen molar-refractivity contribution in [3.8, 4) is 11.3 Å². The van der Waals surface area contributed by atoms with E-state index < -0.39 is 0 Å². The van der Waals surface area contributed by atoms with Crippen molar-refractivity contribution in [2.24, 2.45) is 4.99 Å². The second-order valence-corrected chi connectivity index (χ2v) is 9.82. The highest BCUT2D eigenvalue weighted by Crippen LogP contribution is 2.28. The zero-order valence-electron chi connectivity index (χ0n) is 19.0. The minimum Gasteiger partial charge on any atom is -0.316 e. The number of rotatable bonds is 5. The molecular formula is C26H32N2OS. The molecule has 3 aromatic rings. The first-order chi connectivity index (χ1) is 14.2. The Labute approximate surface area is 184 Å². The maximum Gasteiger partial charge on any atom is 0.279 e. The molecule has 0 aliphatic heterocycles. The summed E-state index contributed by atoms with van der Waals surface area (Å²) in [5.41, 5.74) is 5.53. The molecule has 0 saturated heterocycles. The van der Waals surface area contributed by atoms with E-state index in [2.05, 4.69) is 75.4 Å². The van der Waals surface area contributed by atoms with E-state index in [0.717, 1.165) is 24.2 Å². The lowest BCUT2D eigenvalue weighted by atomic mass is 9.87. The number of hydrogen-bond acceptors (Lipinski definition) is 2. The molecule has 0 saturated carbocycles. The monoisotopic (exact) mass is 420 g/mol. The Hall–Kier alpha value is -2.46. The van der Waals surface area contributed by atoms with Gasteiger partial charge in [0.25, 0.3) is 5.91 Å². The summed E-state index contributed by atoms with van der Waals surface area (Å²) in [6, 6.07) is 16.5. The van der Waals surface area contributed by atoms with Crippen LogP contribution in [0.3, 0.4) is 0 Å². The normalized spacial score (nSPS) is 12.4. The van der Waals surface area contributed by atoms with E-state index in [1.165, 1.54) is 27.3 Å². The zero-order valence-corrected chi connectivity index (χ0v) is 19.8. The summed E-state index contributed by atoms with van der Waals surface area (Å²) < 4.78 is 2.18. The van der Waals surface area contributed by atoms with E-state index in [0.29, 0.717) is 5.56 Å². The molecule has 1 aromatic heterocycles. The van der Waals surface area contributed by atoms with Crippen molar-refractivity contribution in [2.45, 2.75) is 66.3 Å². The number of hydrogen-bond donors (Lipinski definition) is 0. The number of aryl methyl sites for hydroxylation is 2. The number of amides is 1. The third-order valence-corrected chi connectivity index (χ3v) is 6.43. The Morgan fingerprint density at radius 3 is 2.17 bits per heavy atom. The van der Waals surface area contributed by atoms with Crippen molar-refractivity contribution in [3.05, 3.63) is 74.9 Å². The van der Waals surface area contributed by atoms with Crippen LogP contribution in [0.1, 0.15) is 67.4 Å². The van der Waals surface area contributed by atoms with Gasteiger partial charge in [-0.1, -0.05) is 76.1 Å². The van der Waals surface area contributed by atoms with E-state index in [9.17, 15) is 4.79 Å². The Kier molecular flexibility index (Phi) is 6.77. The highest BCUT2D eigenvalue weighted by Gasteiger charge is 2.17. The average molecular weight is 421 g/mol. The van der Waals surface area contributed by atoms with Gasteiger partial charge in [0, 0.05) is 17.0 Å². The predicted molar refractivity (Wildman–Crippen MR) is 127 cm³/mol. The molecular weight excluding hydrogens is 388 g/mol. The Morgan fingerprint density at radius 2 is 1.63 bits per heavy atom. The summed E-state index contributed by atoms with van der Waals surface area (Å²) in [4.78, 5) is 19.5. The van der Waals surface area contributed by atoms with E-state index >= 15 is 0 Å². The molecule has 4 heteroatoms. The molecule has 0 aliphatic rings. The predicted octanol–water partition coefficient (Wildman–Crippen LogP) is 6.54. The van der Waals surface area contributed by atoms with Crippen molar-refractivity contribution >= 4 is 17.2 Å². The first-order valence-electron chi connectivity index (χ1n) is 10.7. The van der Waals surface area contributed by atoms with Gasteiger partial charge in [-0.25, -0.2) is 0 Å². The fourth-order valence-electron chi connectivity index (χ4n) is 3.53. The lowest BCUT2D eigenvalue weighted by Crippen LogP contribution is -2.17. The van der Waals surface area contributed by atoms with Gasteiger partial charge in [0.05, 0.1) is 5.69 Å². The fourth-order valence-corrected chi connectivity index (χ4v) is 4.84. The molecule has 1 heterocycles. The van der Waals surface area contributed by atoms with Gasteiger partial charge in [-0.2, -0.15) is 4.99 Å². The van der Waals surface area contributed by atoms with Gasteiger partial charge in [0.1, 0.15) is 0 Å². The quantitative estimate of drug-likeness (QED) is 0.462. The molecule has 0 unspecified atom stereocenters. The van der Waals surface area contributed by atoms with Crippen LogP contribution in [0, 0.1) is 6.92 Å². The second kappa shape index (κ2) is 9.13. The Bertz CT molecular complexity index is 1080. The standard InChI is InChI=1S/C26H32N2OS/c1-7-9-22-23(19-12-10-18(3)11-13-19)28(8-2)25(30-22)27-24(29)20-14-16-21(17-15-20)26(4,5)6/h10-17H,7-9H2,1-6H3. The molecule has 0 aliphatic carbocycles. The Balaban J connectivity index is 2.06. The lowest BCUT2D eigenvalue weighted by molar-refractivity contribution is 0.0997. The first-order valence-corrected chi connectivity index (χ1v) is 11.6. The van der Waals surface area contributed by atoms with Crippen LogP contribution in [-0.2, 0) is 18.4 Å². The first kappa shape index (κ1) is 22.2. The highest BCUT2D eigenvalue weighted by molar-refractivity contribution is 7.09. The van der Waals surface area contributed by atoms with E-state index in [-0.39, 0.29) is 11.3 Å². The van der Waals surface area contributed by atoms with Gasteiger partial charge in [0.2, 0.25) is 0 Å². The van der Waals surface area contributed by atoms with Gasteiger partial charge in [-0.3, -0.25) is 4.79 Å². The van der Waals surface area contributed by atoms with Crippen LogP contribution in [0.15, 0.2) is 53.5 Å². The van der Waals surface area contributed by atoms with Gasteiger partial charge in [-0.05, 0) is 48.9 Å². The highest BCUT2D eigenvalue weighted by atomic mass is 32.1. The SMILES string of the molecule is CCCc1sc(=NC(=O)c2ccc(C(C)(C)C)cc2)n(CC)c1-c1ccc(C)cc1. The maximum absolute atomic E-state index is 12.9. The molecule has 0 N–H and O–H groups in total. The summed E-state index contributed by atoms with van der Waals surface area (Å²) in [6.45, 7) is 13.7. The van der Waals surface area contributed by atoms with Crippen LogP contribution in [0.2, 0.25) is 0 Å². The van der Waals surface area contributed by atoms with E-state index in [4.69, 9.17) is 0 Å². The number of aromatic nitrogens is 1. The van der Waals surface area contributed by atoms with E-state index in [1.807, 2.05) is 24.3 Å². The summed E-state index contributed by atoms with van der Waals surface area (Å²) in [5, 5.41) is 0. The van der Waals surface area contributed by atoms with Crippen LogP contribution in [0.5, 0.6) is 0 Å². The number of benzene rings is 2. The van der Waals surface area contributed by atoms with Gasteiger partial charge in [0.15, 0.2) is 4.80 Å². The number of nitrogens with zero attached hydrogens (tertiary/aromatic N) is 2. The summed E-state index contributed by atoms with van der Waals surface area (Å²) in [6.07, 6.45) is 2.04. The summed E-state index contributed by atoms with van der Waals surface area (Å²) in [7, 11) is 0. The summed E-state index contributed by atoms with van der Waals surface area (Å²) >= 11 is 1.64. The van der Waals surface area contributed by atoms with Crippen LogP contribution < -0.4 is 4.80 Å². The molecule has 30 heavy (non-hydrogen) atoms. The molecule has 158 valence electrons. The third-order valence-electron chi connectivity index (χ3n) is 5.29. The Morgan fingerprint density at radius 1 is 1.00 bits per heavy atom. The lowest BCUT2D eigenvalue weighted by Gasteiger charge is -2.18. The van der Waals surface area contributed by atoms with Gasteiger partial charge < -0.3 is 4.57 Å². The molecule has 0 fully saturated rings. The smallest absolute Gasteiger partial charge is 0.279 e. The number of thiazole rings is 1. The average Bonchev–Trinajstić information content (AvgIpc) is 3.05. The third kappa shape index (κ3) is 4.81. The summed E-state index contributed by atoms with van der Waals surface area (Å²) in [5.74, 6) is -0.183. The van der Waals surface area contributed by atoms with E-state index in [1.54, 1.807) is 11.3 Å². The van der Waals surface area contributed by atoms with Gasteiger partial charge in [-0.15, -0.1) is 11.3 Å². The van der Waals surface area contributed by atoms with Crippen molar-refractivity contribution < 1.29 is 4.79 Å².